The van der Waals surface area contributed by atoms with Gasteiger partial charge in [-0.2, -0.15) is 0 Å². The van der Waals surface area contributed by atoms with Gasteiger partial charge in [0.05, 0.1) is 6.10 Å². The highest BCUT2D eigenvalue weighted by atomic mass is 16.3. The first-order chi connectivity index (χ1) is 8.29. The molecule has 0 amide bonds. The van der Waals surface area contributed by atoms with Crippen molar-refractivity contribution in [1.82, 2.24) is 0 Å². The van der Waals surface area contributed by atoms with Crippen molar-refractivity contribution in [2.24, 2.45) is 11.8 Å². The maximum atomic E-state index is 12.3. The van der Waals surface area contributed by atoms with Gasteiger partial charge in [0.1, 0.15) is 5.78 Å². The number of carbonyl (C=O) groups is 1. The lowest BCUT2D eigenvalue weighted by Gasteiger charge is -2.32. The minimum atomic E-state index is -0.346. The molecule has 2 rings (SSSR count). The minimum absolute atomic E-state index is 0.0341. The van der Waals surface area contributed by atoms with Gasteiger partial charge in [0.25, 0.3) is 0 Å². The molecular formula is C15H26O2. The first-order valence-corrected chi connectivity index (χ1v) is 7.51. The van der Waals surface area contributed by atoms with Gasteiger partial charge in [-0.15, -0.1) is 0 Å². The van der Waals surface area contributed by atoms with Gasteiger partial charge in [-0.1, -0.05) is 44.9 Å². The quantitative estimate of drug-likeness (QED) is 0.701. The van der Waals surface area contributed by atoms with Gasteiger partial charge in [-0.25, -0.2) is 0 Å². The zero-order chi connectivity index (χ0) is 12.1. The van der Waals surface area contributed by atoms with Crippen LogP contribution < -0.4 is 0 Å². The summed E-state index contributed by atoms with van der Waals surface area (Å²) < 4.78 is 0. The van der Waals surface area contributed by atoms with Crippen LogP contribution in [0.15, 0.2) is 0 Å². The molecule has 0 aromatic carbocycles. The van der Waals surface area contributed by atoms with Crippen LogP contribution in [0.25, 0.3) is 0 Å². The molecule has 2 aliphatic carbocycles. The number of rotatable bonds is 0. The van der Waals surface area contributed by atoms with Crippen LogP contribution in [0.5, 0.6) is 0 Å². The Bertz CT molecular complexity index is 249. The topological polar surface area (TPSA) is 37.3 Å². The molecule has 2 aliphatic rings. The summed E-state index contributed by atoms with van der Waals surface area (Å²) in [6, 6.07) is 0. The molecule has 3 atom stereocenters. The number of aliphatic hydroxyl groups is 1. The second-order valence-electron chi connectivity index (χ2n) is 5.90. The molecule has 0 aliphatic heterocycles. The highest BCUT2D eigenvalue weighted by Gasteiger charge is 2.36. The van der Waals surface area contributed by atoms with E-state index in [-0.39, 0.29) is 17.9 Å². The first kappa shape index (κ1) is 13.1. The zero-order valence-corrected chi connectivity index (χ0v) is 10.9. The standard InChI is InChI=1S/C15H26O2/c16-14-11-10-12-8-6-4-2-1-3-5-7-9-13(14)15(12)17/h12-14,16H,1-11H2. The fourth-order valence-electron chi connectivity index (χ4n) is 3.47. The second-order valence-corrected chi connectivity index (χ2v) is 5.90. The predicted octanol–water partition coefficient (Wildman–Crippen LogP) is 3.47. The van der Waals surface area contributed by atoms with Gasteiger partial charge in [0.15, 0.2) is 0 Å². The van der Waals surface area contributed by atoms with Crippen LogP contribution in [0.2, 0.25) is 0 Å². The van der Waals surface area contributed by atoms with Crippen molar-refractivity contribution in [1.29, 1.82) is 0 Å². The molecule has 0 heterocycles. The Labute approximate surface area is 105 Å². The smallest absolute Gasteiger partial charge is 0.141 e. The third-order valence-electron chi connectivity index (χ3n) is 4.61. The summed E-state index contributed by atoms with van der Waals surface area (Å²) in [5.41, 5.74) is 0. The molecule has 98 valence electrons. The zero-order valence-electron chi connectivity index (χ0n) is 10.9. The van der Waals surface area contributed by atoms with Gasteiger partial charge in [0, 0.05) is 11.8 Å². The van der Waals surface area contributed by atoms with Gasteiger partial charge in [-0.05, 0) is 25.7 Å². The molecule has 2 fully saturated rings. The maximum Gasteiger partial charge on any atom is 0.141 e. The van der Waals surface area contributed by atoms with Gasteiger partial charge in [-0.3, -0.25) is 4.79 Å². The molecule has 0 spiro atoms. The van der Waals surface area contributed by atoms with Gasteiger partial charge < -0.3 is 5.11 Å². The van der Waals surface area contributed by atoms with Crippen molar-refractivity contribution in [3.05, 3.63) is 0 Å². The van der Waals surface area contributed by atoms with Crippen LogP contribution in [-0.2, 0) is 4.79 Å². The summed E-state index contributed by atoms with van der Waals surface area (Å²) in [6.07, 6.45) is 12.3. The summed E-state index contributed by atoms with van der Waals surface area (Å²) >= 11 is 0. The summed E-state index contributed by atoms with van der Waals surface area (Å²) in [5.74, 6) is 0.611. The third kappa shape index (κ3) is 3.54. The largest absolute Gasteiger partial charge is 0.392 e. The molecule has 2 bridgehead atoms. The minimum Gasteiger partial charge on any atom is -0.392 e. The average molecular weight is 238 g/mol. The Morgan fingerprint density at radius 3 is 2.06 bits per heavy atom. The molecule has 0 radical (unpaired) electrons. The fourth-order valence-corrected chi connectivity index (χ4v) is 3.47. The number of carbonyl (C=O) groups excluding carboxylic acids is 1. The maximum absolute atomic E-state index is 12.3. The van der Waals surface area contributed by atoms with Crippen LogP contribution in [0, 0.1) is 11.8 Å². The number of fused-ring (bicyclic) bond motifs is 2. The number of hydrogen-bond donors (Lipinski definition) is 1. The van der Waals surface area contributed by atoms with Gasteiger partial charge >= 0.3 is 0 Å². The average Bonchev–Trinajstić information content (AvgIpc) is 2.31. The Balaban J connectivity index is 1.96. The van der Waals surface area contributed by atoms with E-state index in [0.29, 0.717) is 5.78 Å². The van der Waals surface area contributed by atoms with Crippen LogP contribution >= 0.6 is 0 Å². The van der Waals surface area contributed by atoms with Crippen LogP contribution in [0.3, 0.4) is 0 Å². The molecule has 2 saturated carbocycles. The summed E-state index contributed by atoms with van der Waals surface area (Å²) in [6.45, 7) is 0. The Morgan fingerprint density at radius 2 is 1.35 bits per heavy atom. The predicted molar refractivity (Wildman–Crippen MR) is 68.8 cm³/mol. The van der Waals surface area contributed by atoms with E-state index in [1.165, 1.54) is 38.5 Å². The Kier molecular flexibility index (Phi) is 5.02. The molecule has 0 aromatic rings. The summed E-state index contributed by atoms with van der Waals surface area (Å²) in [4.78, 5) is 12.3. The van der Waals surface area contributed by atoms with Crippen molar-refractivity contribution in [2.45, 2.75) is 76.7 Å². The van der Waals surface area contributed by atoms with Crippen molar-refractivity contribution in [3.63, 3.8) is 0 Å². The second kappa shape index (κ2) is 6.53. The third-order valence-corrected chi connectivity index (χ3v) is 4.61. The van der Waals surface area contributed by atoms with E-state index in [9.17, 15) is 9.90 Å². The monoisotopic (exact) mass is 238 g/mol. The van der Waals surface area contributed by atoms with Crippen LogP contribution in [0.4, 0.5) is 0 Å². The van der Waals surface area contributed by atoms with Crippen molar-refractivity contribution < 1.29 is 9.90 Å². The summed E-state index contributed by atoms with van der Waals surface area (Å²) in [7, 11) is 0. The molecule has 0 saturated heterocycles. The van der Waals surface area contributed by atoms with Crippen molar-refractivity contribution in [3.8, 4) is 0 Å². The highest BCUT2D eigenvalue weighted by molar-refractivity contribution is 5.84. The van der Waals surface area contributed by atoms with E-state index in [1.807, 2.05) is 0 Å². The van der Waals surface area contributed by atoms with E-state index < -0.39 is 0 Å². The van der Waals surface area contributed by atoms with E-state index >= 15 is 0 Å². The van der Waals surface area contributed by atoms with Gasteiger partial charge in [0.2, 0.25) is 0 Å². The lowest BCUT2D eigenvalue weighted by molar-refractivity contribution is -0.135. The Morgan fingerprint density at radius 1 is 0.765 bits per heavy atom. The lowest BCUT2D eigenvalue weighted by Crippen LogP contribution is -2.38. The molecule has 17 heavy (non-hydrogen) atoms. The summed E-state index contributed by atoms with van der Waals surface area (Å²) in [5, 5.41) is 9.98. The first-order valence-electron chi connectivity index (χ1n) is 7.51. The molecule has 2 nitrogen and oxygen atoms in total. The number of Topliss-reactive ketones (excluding diaryl/α,β-unsaturated/α-hetero) is 1. The molecule has 2 heteroatoms. The highest BCUT2D eigenvalue weighted by Crippen LogP contribution is 2.33. The molecule has 3 unspecified atom stereocenters. The number of aliphatic hydroxyl groups excluding tert-OH is 1. The van der Waals surface area contributed by atoms with E-state index in [2.05, 4.69) is 0 Å². The van der Waals surface area contributed by atoms with Crippen LogP contribution in [0.1, 0.15) is 70.6 Å². The van der Waals surface area contributed by atoms with Crippen LogP contribution in [-0.4, -0.2) is 17.0 Å². The molecule has 0 aromatic heterocycles. The SMILES string of the molecule is O=C1C2CCCCCCCCCC1C(O)CC2. The number of hydrogen-bond acceptors (Lipinski definition) is 2. The lowest BCUT2D eigenvalue weighted by atomic mass is 9.74. The fraction of sp³-hybridized carbons (Fsp3) is 0.933. The van der Waals surface area contributed by atoms with Crippen molar-refractivity contribution in [2.75, 3.05) is 0 Å². The van der Waals surface area contributed by atoms with E-state index in [1.54, 1.807) is 0 Å². The Hall–Kier alpha value is -0.370. The van der Waals surface area contributed by atoms with E-state index in [4.69, 9.17) is 0 Å². The molecular weight excluding hydrogens is 212 g/mol. The normalized spacial score (nSPS) is 37.0. The molecule has 1 N–H and O–H groups in total. The van der Waals surface area contributed by atoms with E-state index in [0.717, 1.165) is 32.1 Å². The van der Waals surface area contributed by atoms with Crippen molar-refractivity contribution >= 4 is 5.78 Å². The number of ketones is 1.